The zero-order valence-corrected chi connectivity index (χ0v) is 11.6. The van der Waals surface area contributed by atoms with Crippen molar-refractivity contribution >= 4 is 17.5 Å². The smallest absolute Gasteiger partial charge is 0.173 e. The SMILES string of the molecule is Cc1cc(C)c(C(=O)CSCCCO)c(C)c1. The minimum Gasteiger partial charge on any atom is -0.396 e. The first kappa shape index (κ1) is 14.3. The van der Waals surface area contributed by atoms with E-state index in [9.17, 15) is 4.79 Å². The summed E-state index contributed by atoms with van der Waals surface area (Å²) in [5.74, 6) is 1.54. The third kappa shape index (κ3) is 4.17. The second kappa shape index (κ2) is 6.82. The molecule has 1 aromatic carbocycles. The number of hydrogen-bond acceptors (Lipinski definition) is 3. The normalized spacial score (nSPS) is 10.6. The van der Waals surface area contributed by atoms with E-state index in [1.807, 2.05) is 20.8 Å². The van der Waals surface area contributed by atoms with E-state index in [1.54, 1.807) is 11.8 Å². The summed E-state index contributed by atoms with van der Waals surface area (Å²) >= 11 is 1.59. The maximum absolute atomic E-state index is 12.1. The summed E-state index contributed by atoms with van der Waals surface area (Å²) in [5.41, 5.74) is 4.20. The van der Waals surface area contributed by atoms with Crippen molar-refractivity contribution < 1.29 is 9.90 Å². The lowest BCUT2D eigenvalue weighted by Crippen LogP contribution is -2.08. The number of carbonyl (C=O) groups is 1. The Kier molecular flexibility index (Phi) is 5.72. The zero-order valence-electron chi connectivity index (χ0n) is 10.7. The van der Waals surface area contributed by atoms with Crippen LogP contribution in [0.2, 0.25) is 0 Å². The van der Waals surface area contributed by atoms with Gasteiger partial charge in [0.1, 0.15) is 0 Å². The molecule has 0 heterocycles. The molecular formula is C14H20O2S. The van der Waals surface area contributed by atoms with Crippen molar-refractivity contribution in [1.82, 2.24) is 0 Å². The van der Waals surface area contributed by atoms with Crippen LogP contribution >= 0.6 is 11.8 Å². The van der Waals surface area contributed by atoms with Crippen molar-refractivity contribution in [3.8, 4) is 0 Å². The Labute approximate surface area is 107 Å². The number of carbonyl (C=O) groups excluding carboxylic acids is 1. The molecular weight excluding hydrogens is 232 g/mol. The van der Waals surface area contributed by atoms with Gasteiger partial charge in [-0.2, -0.15) is 11.8 Å². The average molecular weight is 252 g/mol. The van der Waals surface area contributed by atoms with E-state index < -0.39 is 0 Å². The molecule has 0 atom stereocenters. The van der Waals surface area contributed by atoms with Gasteiger partial charge < -0.3 is 5.11 Å². The van der Waals surface area contributed by atoms with Gasteiger partial charge in [-0.05, 0) is 44.1 Å². The summed E-state index contributed by atoms with van der Waals surface area (Å²) in [7, 11) is 0. The fourth-order valence-corrected chi connectivity index (χ4v) is 2.83. The average Bonchev–Trinajstić information content (AvgIpc) is 2.23. The third-order valence-corrected chi connectivity index (χ3v) is 3.68. The summed E-state index contributed by atoms with van der Waals surface area (Å²) < 4.78 is 0. The lowest BCUT2D eigenvalue weighted by molar-refractivity contribution is 0.102. The molecule has 0 saturated heterocycles. The molecule has 0 saturated carbocycles. The first-order valence-electron chi connectivity index (χ1n) is 5.86. The quantitative estimate of drug-likeness (QED) is 0.625. The van der Waals surface area contributed by atoms with Gasteiger partial charge in [0.15, 0.2) is 5.78 Å². The zero-order chi connectivity index (χ0) is 12.8. The first-order chi connectivity index (χ1) is 8.06. The Balaban J connectivity index is 2.69. The van der Waals surface area contributed by atoms with Crippen LogP contribution < -0.4 is 0 Å². The van der Waals surface area contributed by atoms with E-state index in [0.717, 1.165) is 28.9 Å². The van der Waals surface area contributed by atoms with Gasteiger partial charge in [-0.15, -0.1) is 0 Å². The number of Topliss-reactive ketones (excluding diaryl/α,β-unsaturated/α-hetero) is 1. The molecule has 1 N–H and O–H groups in total. The number of rotatable bonds is 6. The number of hydrogen-bond donors (Lipinski definition) is 1. The maximum atomic E-state index is 12.1. The highest BCUT2D eigenvalue weighted by Crippen LogP contribution is 2.18. The predicted molar refractivity (Wildman–Crippen MR) is 74.0 cm³/mol. The molecule has 0 spiro atoms. The Hall–Kier alpha value is -0.800. The van der Waals surface area contributed by atoms with Crippen LogP contribution in [0.3, 0.4) is 0 Å². The van der Waals surface area contributed by atoms with E-state index in [0.29, 0.717) is 5.75 Å². The van der Waals surface area contributed by atoms with Gasteiger partial charge in [-0.25, -0.2) is 0 Å². The molecule has 2 nitrogen and oxygen atoms in total. The fourth-order valence-electron chi connectivity index (χ4n) is 2.02. The Morgan fingerprint density at radius 1 is 1.24 bits per heavy atom. The molecule has 0 amide bonds. The fraction of sp³-hybridized carbons (Fsp3) is 0.500. The Morgan fingerprint density at radius 2 is 1.82 bits per heavy atom. The van der Waals surface area contributed by atoms with Crippen molar-refractivity contribution in [2.75, 3.05) is 18.1 Å². The van der Waals surface area contributed by atoms with Crippen molar-refractivity contribution in [1.29, 1.82) is 0 Å². The molecule has 1 aromatic rings. The van der Waals surface area contributed by atoms with Crippen LogP contribution in [-0.4, -0.2) is 29.0 Å². The molecule has 0 radical (unpaired) electrons. The van der Waals surface area contributed by atoms with Crippen molar-refractivity contribution in [2.24, 2.45) is 0 Å². The molecule has 0 aromatic heterocycles. The highest BCUT2D eigenvalue weighted by Gasteiger charge is 2.12. The second-order valence-electron chi connectivity index (χ2n) is 4.33. The van der Waals surface area contributed by atoms with Gasteiger partial charge in [-0.3, -0.25) is 4.79 Å². The predicted octanol–water partition coefficient (Wildman–Crippen LogP) is 2.91. The number of benzene rings is 1. The van der Waals surface area contributed by atoms with Crippen LogP contribution in [0.25, 0.3) is 0 Å². The minimum atomic E-state index is 0.197. The highest BCUT2D eigenvalue weighted by atomic mass is 32.2. The van der Waals surface area contributed by atoms with Crippen LogP contribution in [0.5, 0.6) is 0 Å². The van der Waals surface area contributed by atoms with Crippen molar-refractivity contribution in [2.45, 2.75) is 27.2 Å². The number of ketones is 1. The standard InChI is InChI=1S/C14H20O2S/c1-10-7-11(2)14(12(3)8-10)13(16)9-17-6-4-5-15/h7-8,15H,4-6,9H2,1-3H3. The molecule has 0 fully saturated rings. The number of aliphatic hydroxyl groups excluding tert-OH is 1. The minimum absolute atomic E-state index is 0.197. The molecule has 1 rings (SSSR count). The molecule has 0 aliphatic heterocycles. The Morgan fingerprint density at radius 3 is 2.35 bits per heavy atom. The summed E-state index contributed by atoms with van der Waals surface area (Å²) in [6.45, 7) is 6.23. The van der Waals surface area contributed by atoms with E-state index in [4.69, 9.17) is 5.11 Å². The van der Waals surface area contributed by atoms with Crippen LogP contribution in [0, 0.1) is 20.8 Å². The van der Waals surface area contributed by atoms with Gasteiger partial charge in [0.25, 0.3) is 0 Å². The maximum Gasteiger partial charge on any atom is 0.173 e. The molecule has 94 valence electrons. The van der Waals surface area contributed by atoms with Crippen LogP contribution in [0.1, 0.15) is 33.5 Å². The highest BCUT2D eigenvalue weighted by molar-refractivity contribution is 7.99. The second-order valence-corrected chi connectivity index (χ2v) is 5.43. The van der Waals surface area contributed by atoms with Crippen LogP contribution in [-0.2, 0) is 0 Å². The number of aliphatic hydroxyl groups is 1. The van der Waals surface area contributed by atoms with Crippen LogP contribution in [0.4, 0.5) is 0 Å². The van der Waals surface area contributed by atoms with Gasteiger partial charge in [0, 0.05) is 12.2 Å². The summed E-state index contributed by atoms with van der Waals surface area (Å²) in [5, 5.41) is 8.67. The van der Waals surface area contributed by atoms with Crippen molar-refractivity contribution in [3.63, 3.8) is 0 Å². The van der Waals surface area contributed by atoms with Gasteiger partial charge >= 0.3 is 0 Å². The first-order valence-corrected chi connectivity index (χ1v) is 7.01. The van der Waals surface area contributed by atoms with E-state index >= 15 is 0 Å². The Bertz CT molecular complexity index is 376. The summed E-state index contributed by atoms with van der Waals surface area (Å²) in [6, 6.07) is 4.11. The topological polar surface area (TPSA) is 37.3 Å². The third-order valence-electron chi connectivity index (χ3n) is 2.64. The monoisotopic (exact) mass is 252 g/mol. The lowest BCUT2D eigenvalue weighted by Gasteiger charge is -2.10. The number of thioether (sulfide) groups is 1. The lowest BCUT2D eigenvalue weighted by atomic mass is 9.97. The summed E-state index contributed by atoms with van der Waals surface area (Å²) in [4.78, 5) is 12.1. The molecule has 17 heavy (non-hydrogen) atoms. The van der Waals surface area contributed by atoms with Gasteiger partial charge in [0.05, 0.1) is 5.75 Å². The van der Waals surface area contributed by atoms with E-state index in [1.165, 1.54) is 5.56 Å². The van der Waals surface area contributed by atoms with E-state index in [2.05, 4.69) is 12.1 Å². The van der Waals surface area contributed by atoms with E-state index in [-0.39, 0.29) is 12.4 Å². The molecule has 0 aliphatic rings. The van der Waals surface area contributed by atoms with Gasteiger partial charge in [0.2, 0.25) is 0 Å². The van der Waals surface area contributed by atoms with Crippen molar-refractivity contribution in [3.05, 3.63) is 34.4 Å². The molecule has 0 aliphatic carbocycles. The van der Waals surface area contributed by atoms with Gasteiger partial charge in [-0.1, -0.05) is 17.7 Å². The van der Waals surface area contributed by atoms with Crippen LogP contribution in [0.15, 0.2) is 12.1 Å². The molecule has 0 bridgehead atoms. The molecule has 3 heteroatoms. The largest absolute Gasteiger partial charge is 0.396 e. The number of aryl methyl sites for hydroxylation is 3. The summed E-state index contributed by atoms with van der Waals surface area (Å²) in [6.07, 6.45) is 0.754. The molecule has 0 unspecified atom stereocenters.